The van der Waals surface area contributed by atoms with Crippen LogP contribution < -0.4 is 0 Å². The highest BCUT2D eigenvalue weighted by Crippen LogP contribution is 2.42. The molecule has 6 heteroatoms. The van der Waals surface area contributed by atoms with E-state index in [1.807, 2.05) is 73.1 Å². The quantitative estimate of drug-likeness (QED) is 0.177. The van der Waals surface area contributed by atoms with Gasteiger partial charge in [-0.05, 0) is 77.2 Å². The topological polar surface area (TPSA) is 40.0 Å². The van der Waals surface area contributed by atoms with Crippen LogP contribution in [0.1, 0.15) is 17.3 Å². The fraction of sp³-hybridized carbons (Fsp3) is 0.0222. The molecule has 0 saturated heterocycles. The standard InChI is InChI=1S/C45H28FN5/c46-42(29-19-20-32-33-14-4-6-17-38(33)49-25-24-48-44(49)37(32)27-29)28-10-8-13-31(26-28)51-43-34(35-16-9-23-47-45(35)51)21-22-40-41(43)36-15-5-7-18-39(36)50(40)30-11-2-1-3-12-30/h1-27,42H. The first kappa shape index (κ1) is 28.1. The first-order chi connectivity index (χ1) is 25.2. The largest absolute Gasteiger partial charge is 0.309 e. The molecule has 0 saturated carbocycles. The first-order valence-electron chi connectivity index (χ1n) is 17.1. The molecule has 11 aromatic rings. The van der Waals surface area contributed by atoms with Crippen molar-refractivity contribution in [1.29, 1.82) is 0 Å². The lowest BCUT2D eigenvalue weighted by atomic mass is 9.98. The summed E-state index contributed by atoms with van der Waals surface area (Å²) in [5, 5.41) is 7.55. The highest BCUT2D eigenvalue weighted by molar-refractivity contribution is 6.25. The molecular formula is C45H28FN5. The Hall–Kier alpha value is -6.79. The molecule has 1 atom stereocenters. The van der Waals surface area contributed by atoms with E-state index in [9.17, 15) is 0 Å². The van der Waals surface area contributed by atoms with E-state index in [0.717, 1.165) is 82.4 Å². The van der Waals surface area contributed by atoms with Crippen molar-refractivity contribution in [2.75, 3.05) is 0 Å². The second kappa shape index (κ2) is 10.6. The monoisotopic (exact) mass is 657 g/mol. The fourth-order valence-corrected chi connectivity index (χ4v) is 8.25. The third-order valence-electron chi connectivity index (χ3n) is 10.4. The zero-order valence-electron chi connectivity index (χ0n) is 27.3. The van der Waals surface area contributed by atoms with Crippen LogP contribution in [0.25, 0.3) is 82.4 Å². The normalized spacial score (nSPS) is 12.7. The molecule has 0 radical (unpaired) electrons. The number of hydrogen-bond donors (Lipinski definition) is 0. The lowest BCUT2D eigenvalue weighted by Gasteiger charge is -2.15. The van der Waals surface area contributed by atoms with Gasteiger partial charge >= 0.3 is 0 Å². The number of pyridine rings is 2. The Labute approximate surface area is 291 Å². The molecule has 0 N–H and O–H groups in total. The number of imidazole rings is 1. The number of nitrogens with zero attached hydrogens (tertiary/aromatic N) is 5. The van der Waals surface area contributed by atoms with Gasteiger partial charge in [-0.15, -0.1) is 0 Å². The third kappa shape index (κ3) is 3.96. The van der Waals surface area contributed by atoms with E-state index in [4.69, 9.17) is 4.98 Å². The molecule has 11 rings (SSSR count). The van der Waals surface area contributed by atoms with Crippen LogP contribution in [0.3, 0.4) is 0 Å². The number of alkyl halides is 1. The third-order valence-corrected chi connectivity index (χ3v) is 10.4. The van der Waals surface area contributed by atoms with Gasteiger partial charge in [0.25, 0.3) is 0 Å². The maximum absolute atomic E-state index is 16.9. The smallest absolute Gasteiger partial charge is 0.150 e. The number of para-hydroxylation sites is 3. The molecule has 5 nitrogen and oxygen atoms in total. The van der Waals surface area contributed by atoms with Crippen molar-refractivity contribution in [1.82, 2.24) is 23.5 Å². The molecule has 0 aliphatic carbocycles. The predicted molar refractivity (Wildman–Crippen MR) is 206 cm³/mol. The second-order valence-corrected chi connectivity index (χ2v) is 13.2. The van der Waals surface area contributed by atoms with Crippen LogP contribution in [0.15, 0.2) is 164 Å². The van der Waals surface area contributed by atoms with Crippen molar-refractivity contribution in [3.05, 3.63) is 175 Å². The lowest BCUT2D eigenvalue weighted by molar-refractivity contribution is 0.402. The SMILES string of the molecule is FC(c1cccc(-n2c3ncccc3c3ccc4c(c5ccccc5n4-c4ccccc4)c32)c1)c1ccc2c3ccccc3n3ccnc3c2c1. The Morgan fingerprint density at radius 3 is 2.08 bits per heavy atom. The van der Waals surface area contributed by atoms with Gasteiger partial charge in [0.15, 0.2) is 6.17 Å². The van der Waals surface area contributed by atoms with Gasteiger partial charge in [0.05, 0.1) is 22.1 Å². The average Bonchev–Trinajstić information content (AvgIpc) is 3.91. The summed E-state index contributed by atoms with van der Waals surface area (Å²) in [6.07, 6.45) is 4.25. The van der Waals surface area contributed by atoms with Gasteiger partial charge < -0.3 is 4.57 Å². The molecule has 0 spiro atoms. The summed E-state index contributed by atoms with van der Waals surface area (Å²) in [6, 6.07) is 49.6. The molecule has 6 aromatic carbocycles. The zero-order chi connectivity index (χ0) is 33.6. The van der Waals surface area contributed by atoms with E-state index in [1.54, 1.807) is 6.20 Å². The van der Waals surface area contributed by atoms with Crippen molar-refractivity contribution < 1.29 is 4.39 Å². The molecule has 0 amide bonds. The van der Waals surface area contributed by atoms with Crippen LogP contribution in [-0.2, 0) is 0 Å². The van der Waals surface area contributed by atoms with Crippen molar-refractivity contribution in [3.63, 3.8) is 0 Å². The molecular weight excluding hydrogens is 630 g/mol. The highest BCUT2D eigenvalue weighted by Gasteiger charge is 2.22. The number of hydrogen-bond acceptors (Lipinski definition) is 2. The molecule has 0 fully saturated rings. The molecule has 1 unspecified atom stereocenters. The Morgan fingerprint density at radius 1 is 0.451 bits per heavy atom. The van der Waals surface area contributed by atoms with Crippen LogP contribution in [0, 0.1) is 0 Å². The van der Waals surface area contributed by atoms with Gasteiger partial charge in [-0.25, -0.2) is 14.4 Å². The van der Waals surface area contributed by atoms with E-state index in [-0.39, 0.29) is 0 Å². The van der Waals surface area contributed by atoms with Crippen molar-refractivity contribution in [2.24, 2.45) is 0 Å². The van der Waals surface area contributed by atoms with E-state index in [2.05, 4.69) is 103 Å². The summed E-state index contributed by atoms with van der Waals surface area (Å²) in [7, 11) is 0. The maximum Gasteiger partial charge on any atom is 0.150 e. The summed E-state index contributed by atoms with van der Waals surface area (Å²) in [5.41, 5.74) is 9.16. The van der Waals surface area contributed by atoms with Gasteiger partial charge in [-0.2, -0.15) is 0 Å². The van der Waals surface area contributed by atoms with Gasteiger partial charge in [0.2, 0.25) is 0 Å². The van der Waals surface area contributed by atoms with Crippen molar-refractivity contribution in [2.45, 2.75) is 6.17 Å². The summed E-state index contributed by atoms with van der Waals surface area (Å²) < 4.78 is 23.5. The van der Waals surface area contributed by atoms with Crippen LogP contribution >= 0.6 is 0 Å². The summed E-state index contributed by atoms with van der Waals surface area (Å²) in [5.74, 6) is 0. The average molecular weight is 658 g/mol. The van der Waals surface area contributed by atoms with Crippen LogP contribution in [0.5, 0.6) is 0 Å². The summed E-state index contributed by atoms with van der Waals surface area (Å²) >= 11 is 0. The number of fused-ring (bicyclic) bond motifs is 13. The second-order valence-electron chi connectivity index (χ2n) is 13.2. The van der Waals surface area contributed by atoms with E-state index >= 15 is 4.39 Å². The minimum absolute atomic E-state index is 0.580. The molecule has 5 heterocycles. The van der Waals surface area contributed by atoms with E-state index in [1.165, 1.54) is 0 Å². The van der Waals surface area contributed by atoms with Gasteiger partial charge in [-0.1, -0.05) is 84.9 Å². The molecule has 0 aliphatic rings. The summed E-state index contributed by atoms with van der Waals surface area (Å²) in [4.78, 5) is 9.59. The minimum atomic E-state index is -1.35. The minimum Gasteiger partial charge on any atom is -0.309 e. The van der Waals surface area contributed by atoms with Crippen molar-refractivity contribution >= 4 is 71.1 Å². The fourth-order valence-electron chi connectivity index (χ4n) is 8.25. The van der Waals surface area contributed by atoms with Gasteiger partial charge in [0, 0.05) is 62.3 Å². The number of benzene rings is 6. The Kier molecular flexibility index (Phi) is 5.84. The lowest BCUT2D eigenvalue weighted by Crippen LogP contribution is -2.00. The molecule has 240 valence electrons. The number of aromatic nitrogens is 5. The summed E-state index contributed by atoms with van der Waals surface area (Å²) in [6.45, 7) is 0. The van der Waals surface area contributed by atoms with Gasteiger partial charge in [0.1, 0.15) is 11.3 Å². The molecule has 5 aromatic heterocycles. The molecule has 0 bridgehead atoms. The predicted octanol–water partition coefficient (Wildman–Crippen LogP) is 11.3. The Balaban J connectivity index is 1.14. The molecule has 0 aliphatic heterocycles. The molecule has 51 heavy (non-hydrogen) atoms. The Bertz CT molecular complexity index is 3170. The van der Waals surface area contributed by atoms with Crippen LogP contribution in [-0.4, -0.2) is 23.5 Å². The maximum atomic E-state index is 16.9. The first-order valence-corrected chi connectivity index (χ1v) is 17.1. The number of halogens is 1. The van der Waals surface area contributed by atoms with Crippen molar-refractivity contribution in [3.8, 4) is 11.4 Å². The van der Waals surface area contributed by atoms with Gasteiger partial charge in [-0.3, -0.25) is 8.97 Å². The van der Waals surface area contributed by atoms with Crippen LogP contribution in [0.4, 0.5) is 4.39 Å². The van der Waals surface area contributed by atoms with E-state index < -0.39 is 6.17 Å². The van der Waals surface area contributed by atoms with Crippen LogP contribution in [0.2, 0.25) is 0 Å². The highest BCUT2D eigenvalue weighted by atomic mass is 19.1. The van der Waals surface area contributed by atoms with E-state index in [0.29, 0.717) is 11.1 Å². The zero-order valence-corrected chi connectivity index (χ0v) is 27.3. The number of rotatable bonds is 4. The Morgan fingerprint density at radius 2 is 1.18 bits per heavy atom.